The molecule has 2 aromatic rings. The summed E-state index contributed by atoms with van der Waals surface area (Å²) >= 11 is 1.97. The van der Waals surface area contributed by atoms with Crippen molar-refractivity contribution < 1.29 is 0 Å². The molecule has 0 spiro atoms. The van der Waals surface area contributed by atoms with Crippen molar-refractivity contribution in [3.8, 4) is 0 Å². The molecular formula is C10H12SSi. The third-order valence-electron chi connectivity index (χ3n) is 2.01. The summed E-state index contributed by atoms with van der Waals surface area (Å²) in [6, 6.07) is 11.0. The van der Waals surface area contributed by atoms with Gasteiger partial charge < -0.3 is 0 Å². The average Bonchev–Trinajstić information content (AvgIpc) is 2.46. The van der Waals surface area contributed by atoms with Crippen LogP contribution in [-0.2, 0) is 0 Å². The van der Waals surface area contributed by atoms with Crippen LogP contribution in [0.2, 0.25) is 13.1 Å². The highest BCUT2D eigenvalue weighted by Crippen LogP contribution is 2.18. The normalized spacial score (nSPS) is 11.2. The maximum Gasteiger partial charge on any atom is 0.0776 e. The first kappa shape index (κ1) is 8.02. The second-order valence-electron chi connectivity index (χ2n) is 3.34. The SMILES string of the molecule is C[SiH](C)c1cc2ccccc2s1. The molecule has 1 aromatic heterocycles. The summed E-state index contributed by atoms with van der Waals surface area (Å²) in [5.41, 5.74) is 0. The predicted octanol–water partition coefficient (Wildman–Crippen LogP) is 2.60. The maximum absolute atomic E-state index is 2.38. The Morgan fingerprint density at radius 2 is 1.92 bits per heavy atom. The monoisotopic (exact) mass is 192 g/mol. The van der Waals surface area contributed by atoms with E-state index >= 15 is 0 Å². The van der Waals surface area contributed by atoms with Gasteiger partial charge in [-0.05, 0) is 22.0 Å². The lowest BCUT2D eigenvalue weighted by Gasteiger charge is -1.93. The topological polar surface area (TPSA) is 0 Å². The van der Waals surface area contributed by atoms with E-state index in [0.29, 0.717) is 0 Å². The molecule has 0 saturated heterocycles. The fourth-order valence-corrected chi connectivity index (χ4v) is 3.95. The van der Waals surface area contributed by atoms with Crippen LogP contribution in [0.1, 0.15) is 0 Å². The van der Waals surface area contributed by atoms with Crippen molar-refractivity contribution in [2.24, 2.45) is 0 Å². The minimum atomic E-state index is -0.585. The molecule has 0 aliphatic rings. The Labute approximate surface area is 78.5 Å². The molecule has 0 saturated carbocycles. The predicted molar refractivity (Wildman–Crippen MR) is 60.3 cm³/mol. The van der Waals surface area contributed by atoms with E-state index in [-0.39, 0.29) is 0 Å². The molecule has 0 nitrogen and oxygen atoms in total. The molecule has 2 heteroatoms. The van der Waals surface area contributed by atoms with Crippen LogP contribution in [0.5, 0.6) is 0 Å². The van der Waals surface area contributed by atoms with Crippen molar-refractivity contribution in [2.45, 2.75) is 13.1 Å². The molecule has 0 aliphatic heterocycles. The Morgan fingerprint density at radius 1 is 1.17 bits per heavy atom. The molecule has 0 fully saturated rings. The lowest BCUT2D eigenvalue weighted by Crippen LogP contribution is -2.17. The third-order valence-corrected chi connectivity index (χ3v) is 6.03. The fraction of sp³-hybridized carbons (Fsp3) is 0.200. The van der Waals surface area contributed by atoms with Crippen LogP contribution < -0.4 is 4.50 Å². The second-order valence-corrected chi connectivity index (χ2v) is 7.81. The minimum absolute atomic E-state index is 0.585. The van der Waals surface area contributed by atoms with Crippen molar-refractivity contribution >= 4 is 34.7 Å². The summed E-state index contributed by atoms with van der Waals surface area (Å²) in [5.74, 6) is 0. The Morgan fingerprint density at radius 3 is 2.58 bits per heavy atom. The third kappa shape index (κ3) is 1.32. The van der Waals surface area contributed by atoms with Crippen molar-refractivity contribution in [3.63, 3.8) is 0 Å². The smallest absolute Gasteiger partial charge is 0.0776 e. The van der Waals surface area contributed by atoms with Crippen LogP contribution >= 0.6 is 11.3 Å². The first-order chi connectivity index (χ1) is 5.77. The van der Waals surface area contributed by atoms with E-state index in [4.69, 9.17) is 0 Å². The van der Waals surface area contributed by atoms with Crippen molar-refractivity contribution in [1.82, 2.24) is 0 Å². The summed E-state index contributed by atoms with van der Waals surface area (Å²) in [5, 5.41) is 1.42. The van der Waals surface area contributed by atoms with E-state index < -0.39 is 8.80 Å². The Balaban J connectivity index is 2.62. The van der Waals surface area contributed by atoms with Crippen LogP contribution in [0.25, 0.3) is 10.1 Å². The molecule has 1 aromatic carbocycles. The van der Waals surface area contributed by atoms with Gasteiger partial charge in [-0.25, -0.2) is 0 Å². The van der Waals surface area contributed by atoms with Gasteiger partial charge >= 0.3 is 0 Å². The molecule has 0 atom stereocenters. The summed E-state index contributed by atoms with van der Waals surface area (Å²) in [7, 11) is -0.585. The molecule has 0 radical (unpaired) electrons. The van der Waals surface area contributed by atoms with Gasteiger partial charge in [-0.15, -0.1) is 11.3 Å². The maximum atomic E-state index is 2.38. The molecule has 62 valence electrons. The van der Waals surface area contributed by atoms with Crippen molar-refractivity contribution in [2.75, 3.05) is 0 Å². The zero-order valence-electron chi connectivity index (χ0n) is 7.37. The minimum Gasteiger partial charge on any atom is -0.145 e. The largest absolute Gasteiger partial charge is 0.145 e. The highest BCUT2D eigenvalue weighted by Gasteiger charge is 2.04. The lowest BCUT2D eigenvalue weighted by molar-refractivity contribution is 1.86. The Hall–Kier alpha value is -0.603. The lowest BCUT2D eigenvalue weighted by atomic mass is 10.3. The number of hydrogen-bond donors (Lipinski definition) is 0. The van der Waals surface area contributed by atoms with Crippen LogP contribution in [0.3, 0.4) is 0 Å². The summed E-state index contributed by atoms with van der Waals surface area (Å²) < 4.78 is 3.06. The van der Waals surface area contributed by atoms with Gasteiger partial charge in [0.2, 0.25) is 0 Å². The van der Waals surface area contributed by atoms with Gasteiger partial charge in [-0.1, -0.05) is 31.3 Å². The van der Waals surface area contributed by atoms with Crippen molar-refractivity contribution in [1.29, 1.82) is 0 Å². The quantitative estimate of drug-likeness (QED) is 0.609. The van der Waals surface area contributed by atoms with E-state index in [1.165, 1.54) is 10.1 Å². The molecule has 0 aliphatic carbocycles. The molecule has 1 heterocycles. The van der Waals surface area contributed by atoms with Gasteiger partial charge in [0.1, 0.15) is 0 Å². The van der Waals surface area contributed by atoms with Crippen LogP contribution in [0, 0.1) is 0 Å². The number of benzene rings is 1. The molecule has 0 unspecified atom stereocenters. The van der Waals surface area contributed by atoms with Crippen LogP contribution in [0.15, 0.2) is 30.3 Å². The van der Waals surface area contributed by atoms with E-state index in [1.54, 1.807) is 4.50 Å². The number of thiophene rings is 1. The van der Waals surface area contributed by atoms with E-state index in [9.17, 15) is 0 Å². The molecule has 0 amide bonds. The summed E-state index contributed by atoms with van der Waals surface area (Å²) in [4.78, 5) is 0. The molecule has 0 bridgehead atoms. The van der Waals surface area contributed by atoms with Gasteiger partial charge in [0.05, 0.1) is 8.80 Å². The van der Waals surface area contributed by atoms with Gasteiger partial charge in [-0.2, -0.15) is 0 Å². The molecule has 12 heavy (non-hydrogen) atoms. The number of rotatable bonds is 1. The summed E-state index contributed by atoms with van der Waals surface area (Å²) in [6.45, 7) is 4.76. The molecule has 2 rings (SSSR count). The number of hydrogen-bond acceptors (Lipinski definition) is 1. The molecular weight excluding hydrogens is 180 g/mol. The first-order valence-corrected chi connectivity index (χ1v) is 7.96. The average molecular weight is 192 g/mol. The van der Waals surface area contributed by atoms with Gasteiger partial charge in [-0.3, -0.25) is 0 Å². The van der Waals surface area contributed by atoms with Gasteiger partial charge in [0.25, 0.3) is 0 Å². The standard InChI is InChI=1S/C10H12SSi/c1-12(2)10-7-8-5-3-4-6-9(8)11-10/h3-7,12H,1-2H3. The van der Waals surface area contributed by atoms with E-state index in [0.717, 1.165) is 0 Å². The van der Waals surface area contributed by atoms with Crippen molar-refractivity contribution in [3.05, 3.63) is 30.3 Å². The van der Waals surface area contributed by atoms with Gasteiger partial charge in [0, 0.05) is 4.70 Å². The first-order valence-electron chi connectivity index (χ1n) is 4.26. The highest BCUT2D eigenvalue weighted by molar-refractivity contribution is 7.28. The van der Waals surface area contributed by atoms with E-state index in [2.05, 4.69) is 43.4 Å². The second kappa shape index (κ2) is 3.03. The summed E-state index contributed by atoms with van der Waals surface area (Å²) in [6.07, 6.45) is 0. The Kier molecular flexibility index (Phi) is 2.03. The van der Waals surface area contributed by atoms with Crippen LogP contribution in [-0.4, -0.2) is 8.80 Å². The van der Waals surface area contributed by atoms with Gasteiger partial charge in [0.15, 0.2) is 0 Å². The fourth-order valence-electron chi connectivity index (χ4n) is 1.29. The highest BCUT2D eigenvalue weighted by atomic mass is 32.1. The number of fused-ring (bicyclic) bond motifs is 1. The zero-order chi connectivity index (χ0) is 8.55. The van der Waals surface area contributed by atoms with E-state index in [1.807, 2.05) is 11.3 Å². The zero-order valence-corrected chi connectivity index (χ0v) is 9.34. The molecule has 0 N–H and O–H groups in total. The Bertz CT molecular complexity index is 356. The van der Waals surface area contributed by atoms with Crippen LogP contribution in [0.4, 0.5) is 0 Å².